The highest BCUT2D eigenvalue weighted by molar-refractivity contribution is 7.17. The fourth-order valence-electron chi connectivity index (χ4n) is 3.25. The number of carbonyl (C=O) groups excluding carboxylic acids is 1. The van der Waals surface area contributed by atoms with Gasteiger partial charge >= 0.3 is 0 Å². The van der Waals surface area contributed by atoms with E-state index in [4.69, 9.17) is 16.3 Å². The maximum atomic E-state index is 12.8. The molecule has 1 aromatic heterocycles. The van der Waals surface area contributed by atoms with Gasteiger partial charge in [0.1, 0.15) is 9.88 Å². The molecule has 5 nitrogen and oxygen atoms in total. The number of hydrogen-bond acceptors (Lipinski definition) is 5. The minimum atomic E-state index is -0.144. The van der Waals surface area contributed by atoms with Crippen LogP contribution in [0.15, 0.2) is 48.5 Å². The van der Waals surface area contributed by atoms with Crippen molar-refractivity contribution < 1.29 is 9.53 Å². The lowest BCUT2D eigenvalue weighted by Crippen LogP contribution is -2.35. The molecular weight excluding hydrogens is 406 g/mol. The molecule has 0 saturated carbocycles. The van der Waals surface area contributed by atoms with Crippen molar-refractivity contribution in [2.45, 2.75) is 13.5 Å². The molecule has 1 aliphatic rings. The van der Waals surface area contributed by atoms with Crippen molar-refractivity contribution in [2.75, 3.05) is 31.6 Å². The SMILES string of the molecule is Cc1nc(-c2cccc(Cl)c2)sc1C(=O)Nc1ccc(CN2CCOCC2)cc1. The van der Waals surface area contributed by atoms with Crippen LogP contribution in [0, 0.1) is 6.92 Å². The van der Waals surface area contributed by atoms with Gasteiger partial charge in [-0.3, -0.25) is 9.69 Å². The summed E-state index contributed by atoms with van der Waals surface area (Å²) >= 11 is 7.45. The van der Waals surface area contributed by atoms with Gasteiger partial charge in [0.2, 0.25) is 0 Å². The standard InChI is InChI=1S/C22H22ClN3O2S/c1-15-20(29-22(24-15)17-3-2-4-18(23)13-17)21(27)25-19-7-5-16(6-8-19)14-26-9-11-28-12-10-26/h2-8,13H,9-12,14H2,1H3,(H,25,27). The zero-order valence-corrected chi connectivity index (χ0v) is 17.7. The highest BCUT2D eigenvalue weighted by Gasteiger charge is 2.17. The summed E-state index contributed by atoms with van der Waals surface area (Å²) in [5.41, 5.74) is 3.63. The second kappa shape index (κ2) is 9.05. The average Bonchev–Trinajstić information content (AvgIpc) is 3.12. The minimum Gasteiger partial charge on any atom is -0.379 e. The molecule has 150 valence electrons. The van der Waals surface area contributed by atoms with Crippen molar-refractivity contribution in [2.24, 2.45) is 0 Å². The molecule has 1 fully saturated rings. The summed E-state index contributed by atoms with van der Waals surface area (Å²) in [5, 5.41) is 4.42. The quantitative estimate of drug-likeness (QED) is 0.632. The first kappa shape index (κ1) is 20.0. The smallest absolute Gasteiger partial charge is 0.267 e. The van der Waals surface area contributed by atoms with Crippen molar-refractivity contribution in [3.63, 3.8) is 0 Å². The van der Waals surface area contributed by atoms with Crippen LogP contribution in [0.3, 0.4) is 0 Å². The second-order valence-corrected chi connectivity index (χ2v) is 8.42. The Bertz CT molecular complexity index is 998. The monoisotopic (exact) mass is 427 g/mol. The Morgan fingerprint density at radius 3 is 2.69 bits per heavy atom. The van der Waals surface area contributed by atoms with E-state index in [1.165, 1.54) is 16.9 Å². The molecule has 2 aromatic carbocycles. The molecular formula is C22H22ClN3O2S. The van der Waals surface area contributed by atoms with Crippen LogP contribution < -0.4 is 5.32 Å². The normalized spacial score (nSPS) is 14.7. The van der Waals surface area contributed by atoms with Crippen LogP contribution in [-0.4, -0.2) is 42.1 Å². The maximum absolute atomic E-state index is 12.8. The number of aryl methyl sites for hydroxylation is 1. The van der Waals surface area contributed by atoms with Gasteiger partial charge in [-0.25, -0.2) is 4.98 Å². The van der Waals surface area contributed by atoms with E-state index in [1.807, 2.05) is 43.3 Å². The third-order valence-electron chi connectivity index (χ3n) is 4.80. The van der Waals surface area contributed by atoms with Crippen LogP contribution in [0.1, 0.15) is 20.9 Å². The van der Waals surface area contributed by atoms with Gasteiger partial charge in [0.15, 0.2) is 0 Å². The summed E-state index contributed by atoms with van der Waals surface area (Å²) in [5.74, 6) is -0.144. The number of hydrogen-bond donors (Lipinski definition) is 1. The lowest BCUT2D eigenvalue weighted by molar-refractivity contribution is 0.0342. The summed E-state index contributed by atoms with van der Waals surface area (Å²) in [4.78, 5) is 20.3. The molecule has 1 saturated heterocycles. The Kier molecular flexibility index (Phi) is 6.25. The molecule has 0 spiro atoms. The zero-order valence-electron chi connectivity index (χ0n) is 16.2. The zero-order chi connectivity index (χ0) is 20.2. The van der Waals surface area contributed by atoms with Gasteiger partial charge in [-0.2, -0.15) is 0 Å². The van der Waals surface area contributed by atoms with E-state index in [2.05, 4.69) is 27.3 Å². The number of anilines is 1. The number of benzene rings is 2. The van der Waals surface area contributed by atoms with E-state index >= 15 is 0 Å². The number of rotatable bonds is 5. The van der Waals surface area contributed by atoms with Gasteiger partial charge in [0, 0.05) is 35.9 Å². The van der Waals surface area contributed by atoms with Gasteiger partial charge < -0.3 is 10.1 Å². The van der Waals surface area contributed by atoms with Crippen LogP contribution in [0.25, 0.3) is 10.6 Å². The molecule has 4 rings (SSSR count). The summed E-state index contributed by atoms with van der Waals surface area (Å²) in [7, 11) is 0. The van der Waals surface area contributed by atoms with Crippen LogP contribution >= 0.6 is 22.9 Å². The van der Waals surface area contributed by atoms with E-state index in [9.17, 15) is 4.79 Å². The summed E-state index contributed by atoms with van der Waals surface area (Å²) in [6.45, 7) is 6.24. The molecule has 1 amide bonds. The van der Waals surface area contributed by atoms with Crippen molar-refractivity contribution in [1.29, 1.82) is 0 Å². The Morgan fingerprint density at radius 2 is 1.97 bits per heavy atom. The van der Waals surface area contributed by atoms with Gasteiger partial charge in [0.05, 0.1) is 18.9 Å². The first-order valence-corrected chi connectivity index (χ1v) is 10.7. The summed E-state index contributed by atoms with van der Waals surface area (Å²) in [6, 6.07) is 15.5. The van der Waals surface area contributed by atoms with E-state index in [1.54, 1.807) is 0 Å². The highest BCUT2D eigenvalue weighted by Crippen LogP contribution is 2.30. The van der Waals surface area contributed by atoms with Crippen LogP contribution in [-0.2, 0) is 11.3 Å². The van der Waals surface area contributed by atoms with Crippen molar-refractivity contribution >= 4 is 34.5 Å². The lowest BCUT2D eigenvalue weighted by Gasteiger charge is -2.26. The molecule has 0 atom stereocenters. The first-order valence-electron chi connectivity index (χ1n) is 9.52. The topological polar surface area (TPSA) is 54.5 Å². The summed E-state index contributed by atoms with van der Waals surface area (Å²) in [6.07, 6.45) is 0. The summed E-state index contributed by atoms with van der Waals surface area (Å²) < 4.78 is 5.39. The van der Waals surface area contributed by atoms with Crippen molar-refractivity contribution in [3.05, 3.63) is 69.7 Å². The Morgan fingerprint density at radius 1 is 1.21 bits per heavy atom. The number of nitrogens with one attached hydrogen (secondary N) is 1. The lowest BCUT2D eigenvalue weighted by atomic mass is 10.2. The number of amides is 1. The number of morpholine rings is 1. The van der Waals surface area contributed by atoms with Crippen LogP contribution in [0.4, 0.5) is 5.69 Å². The molecule has 0 bridgehead atoms. The van der Waals surface area contributed by atoms with Crippen molar-refractivity contribution in [3.8, 4) is 10.6 Å². The number of nitrogens with zero attached hydrogens (tertiary/aromatic N) is 2. The first-order chi connectivity index (χ1) is 14.1. The Balaban J connectivity index is 1.42. The fraction of sp³-hybridized carbons (Fsp3) is 0.273. The molecule has 1 aliphatic heterocycles. The molecule has 3 aromatic rings. The van der Waals surface area contributed by atoms with Gasteiger partial charge in [0.25, 0.3) is 5.91 Å². The maximum Gasteiger partial charge on any atom is 0.267 e. The second-order valence-electron chi connectivity index (χ2n) is 6.98. The molecule has 29 heavy (non-hydrogen) atoms. The fourth-order valence-corrected chi connectivity index (χ4v) is 4.40. The molecule has 0 unspecified atom stereocenters. The molecule has 1 N–H and O–H groups in total. The largest absolute Gasteiger partial charge is 0.379 e. The Labute approximate surface area is 179 Å². The Hall–Kier alpha value is -2.25. The molecule has 2 heterocycles. The third-order valence-corrected chi connectivity index (χ3v) is 6.24. The highest BCUT2D eigenvalue weighted by atomic mass is 35.5. The van der Waals surface area contributed by atoms with E-state index in [0.717, 1.165) is 49.1 Å². The van der Waals surface area contributed by atoms with E-state index < -0.39 is 0 Å². The van der Waals surface area contributed by atoms with Crippen LogP contribution in [0.2, 0.25) is 5.02 Å². The predicted octanol–water partition coefficient (Wildman–Crippen LogP) is 4.86. The predicted molar refractivity (Wildman–Crippen MR) is 118 cm³/mol. The minimum absolute atomic E-state index is 0.144. The number of aromatic nitrogens is 1. The van der Waals surface area contributed by atoms with Crippen molar-refractivity contribution in [1.82, 2.24) is 9.88 Å². The molecule has 7 heteroatoms. The average molecular weight is 428 g/mol. The van der Waals surface area contributed by atoms with E-state index in [0.29, 0.717) is 15.6 Å². The third kappa shape index (κ3) is 5.03. The number of halogens is 1. The van der Waals surface area contributed by atoms with Gasteiger partial charge in [-0.15, -0.1) is 11.3 Å². The van der Waals surface area contributed by atoms with Gasteiger partial charge in [-0.1, -0.05) is 35.9 Å². The number of carbonyl (C=O) groups is 1. The van der Waals surface area contributed by atoms with Gasteiger partial charge in [-0.05, 0) is 36.8 Å². The molecule has 0 radical (unpaired) electrons. The number of thiazole rings is 1. The number of ether oxygens (including phenoxy) is 1. The van der Waals surface area contributed by atoms with E-state index in [-0.39, 0.29) is 5.91 Å². The molecule has 0 aliphatic carbocycles. The van der Waals surface area contributed by atoms with Crippen LogP contribution in [0.5, 0.6) is 0 Å².